The predicted octanol–water partition coefficient (Wildman–Crippen LogP) is 5.89. The number of benzene rings is 1. The lowest BCUT2D eigenvalue weighted by atomic mass is 9.67. The molecule has 3 heteroatoms. The average molecular weight is 309 g/mol. The molecule has 0 aliphatic heterocycles. The summed E-state index contributed by atoms with van der Waals surface area (Å²) >= 11 is 6.63. The van der Waals surface area contributed by atoms with Crippen molar-refractivity contribution in [1.82, 2.24) is 0 Å². The van der Waals surface area contributed by atoms with E-state index in [-0.39, 0.29) is 16.6 Å². The molecule has 0 saturated heterocycles. The Balaban J connectivity index is 1.95. The van der Waals surface area contributed by atoms with Crippen LogP contribution in [0.5, 0.6) is 0 Å². The van der Waals surface area contributed by atoms with Gasteiger partial charge in [0.15, 0.2) is 0 Å². The van der Waals surface area contributed by atoms with E-state index in [1.54, 1.807) is 6.07 Å². The Bertz CT molecular complexity index is 646. The molecule has 1 aliphatic rings. The first-order valence-electron chi connectivity index (χ1n) is 7.71. The standard InChI is InChI=1S/C18H22ClFO/c1-11-4-6-14(15(19)8-11)18(2,3)17-10-12-9-13(20)5-7-16(12)21-17/h5,7,9-11,14-15H,4,6,8H2,1-3H3. The molecule has 0 radical (unpaired) electrons. The quantitative estimate of drug-likeness (QED) is 0.630. The van der Waals surface area contributed by atoms with E-state index < -0.39 is 0 Å². The Labute approximate surface area is 130 Å². The van der Waals surface area contributed by atoms with Gasteiger partial charge in [-0.3, -0.25) is 0 Å². The van der Waals surface area contributed by atoms with E-state index in [9.17, 15) is 4.39 Å². The summed E-state index contributed by atoms with van der Waals surface area (Å²) in [5.41, 5.74) is 0.608. The van der Waals surface area contributed by atoms with Crippen molar-refractivity contribution in [2.24, 2.45) is 11.8 Å². The number of furan rings is 1. The topological polar surface area (TPSA) is 13.1 Å². The maximum absolute atomic E-state index is 13.3. The summed E-state index contributed by atoms with van der Waals surface area (Å²) < 4.78 is 19.3. The summed E-state index contributed by atoms with van der Waals surface area (Å²) in [5, 5.41) is 1.00. The largest absolute Gasteiger partial charge is 0.460 e. The van der Waals surface area contributed by atoms with E-state index in [1.807, 2.05) is 6.07 Å². The van der Waals surface area contributed by atoms with Gasteiger partial charge < -0.3 is 4.42 Å². The smallest absolute Gasteiger partial charge is 0.134 e. The van der Waals surface area contributed by atoms with Crippen molar-refractivity contribution in [2.75, 3.05) is 0 Å². The van der Waals surface area contributed by atoms with Crippen LogP contribution in [0.3, 0.4) is 0 Å². The Kier molecular flexibility index (Phi) is 3.77. The molecule has 114 valence electrons. The normalized spacial score (nSPS) is 27.2. The van der Waals surface area contributed by atoms with Gasteiger partial charge in [0.2, 0.25) is 0 Å². The van der Waals surface area contributed by atoms with Crippen molar-refractivity contribution in [3.8, 4) is 0 Å². The van der Waals surface area contributed by atoms with Crippen molar-refractivity contribution in [3.63, 3.8) is 0 Å². The average Bonchev–Trinajstić information content (AvgIpc) is 2.81. The van der Waals surface area contributed by atoms with Crippen LogP contribution in [-0.2, 0) is 5.41 Å². The minimum atomic E-state index is -0.227. The van der Waals surface area contributed by atoms with E-state index in [2.05, 4.69) is 20.8 Å². The number of halogens is 2. The molecule has 1 fully saturated rings. The van der Waals surface area contributed by atoms with Crippen LogP contribution >= 0.6 is 11.6 Å². The first kappa shape index (κ1) is 14.9. The number of fused-ring (bicyclic) bond motifs is 1. The van der Waals surface area contributed by atoms with Gasteiger partial charge in [-0.25, -0.2) is 4.39 Å². The zero-order valence-corrected chi connectivity index (χ0v) is 13.6. The van der Waals surface area contributed by atoms with Gasteiger partial charge in [0, 0.05) is 16.2 Å². The summed E-state index contributed by atoms with van der Waals surface area (Å²) in [6.45, 7) is 6.65. The maximum Gasteiger partial charge on any atom is 0.134 e. The van der Waals surface area contributed by atoms with Gasteiger partial charge in [-0.1, -0.05) is 27.2 Å². The number of rotatable bonds is 2. The first-order chi connectivity index (χ1) is 9.88. The van der Waals surface area contributed by atoms with Crippen LogP contribution in [0.15, 0.2) is 28.7 Å². The van der Waals surface area contributed by atoms with Crippen LogP contribution in [0.4, 0.5) is 4.39 Å². The van der Waals surface area contributed by atoms with Crippen molar-refractivity contribution < 1.29 is 8.81 Å². The zero-order chi connectivity index (χ0) is 15.2. The first-order valence-corrected chi connectivity index (χ1v) is 8.15. The molecule has 2 aromatic rings. The van der Waals surface area contributed by atoms with Crippen molar-refractivity contribution >= 4 is 22.6 Å². The number of hydrogen-bond acceptors (Lipinski definition) is 1. The van der Waals surface area contributed by atoms with Crippen LogP contribution in [0.1, 0.15) is 45.8 Å². The van der Waals surface area contributed by atoms with Gasteiger partial charge in [-0.05, 0) is 48.9 Å². The lowest BCUT2D eigenvalue weighted by molar-refractivity contribution is 0.187. The Morgan fingerprint density at radius 3 is 2.71 bits per heavy atom. The molecule has 0 bridgehead atoms. The van der Waals surface area contributed by atoms with Gasteiger partial charge in [-0.2, -0.15) is 0 Å². The molecule has 1 aliphatic carbocycles. The van der Waals surface area contributed by atoms with Crippen molar-refractivity contribution in [3.05, 3.63) is 35.8 Å². The van der Waals surface area contributed by atoms with Gasteiger partial charge in [-0.15, -0.1) is 11.6 Å². The molecule has 0 spiro atoms. The third-order valence-electron chi connectivity index (χ3n) is 5.07. The lowest BCUT2D eigenvalue weighted by Gasteiger charge is -2.40. The van der Waals surface area contributed by atoms with Crippen molar-refractivity contribution in [2.45, 2.75) is 50.8 Å². The van der Waals surface area contributed by atoms with E-state index in [4.69, 9.17) is 16.0 Å². The summed E-state index contributed by atoms with van der Waals surface area (Å²) in [5.74, 6) is 1.77. The molecule has 1 aromatic heterocycles. The van der Waals surface area contributed by atoms with Gasteiger partial charge in [0.25, 0.3) is 0 Å². The predicted molar refractivity (Wildman–Crippen MR) is 85.3 cm³/mol. The van der Waals surface area contributed by atoms with Crippen LogP contribution in [0.2, 0.25) is 0 Å². The van der Waals surface area contributed by atoms with Gasteiger partial charge in [0.1, 0.15) is 17.2 Å². The zero-order valence-electron chi connectivity index (χ0n) is 12.8. The molecule has 1 saturated carbocycles. The summed E-state index contributed by atoms with van der Waals surface area (Å²) in [6.07, 6.45) is 3.39. The number of alkyl halides is 1. The van der Waals surface area contributed by atoms with Crippen LogP contribution < -0.4 is 0 Å². The van der Waals surface area contributed by atoms with E-state index in [0.29, 0.717) is 11.8 Å². The molecule has 1 nitrogen and oxygen atoms in total. The highest BCUT2D eigenvalue weighted by molar-refractivity contribution is 6.20. The molecule has 21 heavy (non-hydrogen) atoms. The highest BCUT2D eigenvalue weighted by Gasteiger charge is 2.41. The molecule has 0 N–H and O–H groups in total. The molecule has 1 aromatic carbocycles. The fourth-order valence-corrected chi connectivity index (χ4v) is 4.38. The monoisotopic (exact) mass is 308 g/mol. The van der Waals surface area contributed by atoms with E-state index in [0.717, 1.165) is 29.6 Å². The number of hydrogen-bond donors (Lipinski definition) is 0. The summed E-state index contributed by atoms with van der Waals surface area (Å²) in [4.78, 5) is 0. The molecule has 1 heterocycles. The Morgan fingerprint density at radius 1 is 1.24 bits per heavy atom. The fourth-order valence-electron chi connectivity index (χ4n) is 3.64. The minimum Gasteiger partial charge on any atom is -0.460 e. The molecular formula is C18H22ClFO. The van der Waals surface area contributed by atoms with Gasteiger partial charge >= 0.3 is 0 Å². The summed E-state index contributed by atoms with van der Waals surface area (Å²) in [6, 6.07) is 6.64. The van der Waals surface area contributed by atoms with E-state index in [1.165, 1.54) is 18.6 Å². The molecular weight excluding hydrogens is 287 g/mol. The van der Waals surface area contributed by atoms with Gasteiger partial charge in [0.05, 0.1) is 0 Å². The lowest BCUT2D eigenvalue weighted by Crippen LogP contribution is -2.38. The van der Waals surface area contributed by atoms with Crippen LogP contribution in [0, 0.1) is 17.7 Å². The molecule has 3 rings (SSSR count). The van der Waals surface area contributed by atoms with Crippen molar-refractivity contribution in [1.29, 1.82) is 0 Å². The second-order valence-corrected chi connectivity index (χ2v) is 7.62. The van der Waals surface area contributed by atoms with Crippen LogP contribution in [-0.4, -0.2) is 5.38 Å². The molecule has 3 atom stereocenters. The second kappa shape index (κ2) is 5.31. The molecule has 0 amide bonds. The minimum absolute atomic E-state index is 0.137. The SMILES string of the molecule is CC1CCC(C(C)(C)c2cc3cc(F)ccc3o2)C(Cl)C1. The highest BCUT2D eigenvalue weighted by atomic mass is 35.5. The second-order valence-electron chi connectivity index (χ2n) is 7.06. The molecule has 3 unspecified atom stereocenters. The third kappa shape index (κ3) is 2.70. The fraction of sp³-hybridized carbons (Fsp3) is 0.556. The summed E-state index contributed by atoms with van der Waals surface area (Å²) in [7, 11) is 0. The van der Waals surface area contributed by atoms with E-state index >= 15 is 0 Å². The Morgan fingerprint density at radius 2 is 2.00 bits per heavy atom. The Hall–Kier alpha value is -1.02. The maximum atomic E-state index is 13.3. The highest BCUT2D eigenvalue weighted by Crippen LogP contribution is 2.45. The van der Waals surface area contributed by atoms with Crippen LogP contribution in [0.25, 0.3) is 11.0 Å². The third-order valence-corrected chi connectivity index (χ3v) is 5.56.